The minimum atomic E-state index is -2.49. The molecule has 0 heterocycles. The van der Waals surface area contributed by atoms with Gasteiger partial charge in [0.15, 0.2) is 12.4 Å². The number of carbonyl (C=O) groups is 1. The molecule has 23 heavy (non-hydrogen) atoms. The van der Waals surface area contributed by atoms with E-state index in [0.717, 1.165) is 0 Å². The Balaban J connectivity index is 2.90. The average Bonchev–Trinajstić information content (AvgIpc) is 2.41. The molecular formula is C14H17F5O3Si. The highest BCUT2D eigenvalue weighted by atomic mass is 28.4. The van der Waals surface area contributed by atoms with Gasteiger partial charge < -0.3 is 9.16 Å². The molecule has 0 bridgehead atoms. The van der Waals surface area contributed by atoms with E-state index in [0.29, 0.717) is 0 Å². The third-order valence-electron chi connectivity index (χ3n) is 3.68. The molecule has 3 nitrogen and oxygen atoms in total. The van der Waals surface area contributed by atoms with Crippen molar-refractivity contribution >= 4 is 14.3 Å². The van der Waals surface area contributed by atoms with Crippen molar-refractivity contribution in [2.75, 3.05) is 6.61 Å². The second-order valence-electron chi connectivity index (χ2n) is 6.42. The van der Waals surface area contributed by atoms with Crippen molar-refractivity contribution in [3.05, 3.63) is 29.1 Å². The van der Waals surface area contributed by atoms with Crippen molar-refractivity contribution in [1.29, 1.82) is 0 Å². The Hall–Kier alpha value is -1.64. The first kappa shape index (κ1) is 19.4. The quantitative estimate of drug-likeness (QED) is 0.349. The number of carbonyl (C=O) groups excluding carboxylic acids is 1. The maximum atomic E-state index is 13.4. The van der Waals surface area contributed by atoms with Crippen LogP contribution in [0.25, 0.3) is 0 Å². The molecule has 1 aromatic rings. The van der Waals surface area contributed by atoms with E-state index >= 15 is 0 Å². The lowest BCUT2D eigenvalue weighted by molar-refractivity contribution is -0.137. The van der Waals surface area contributed by atoms with Crippen LogP contribution < -0.4 is 4.74 Å². The molecule has 0 radical (unpaired) electrons. The van der Waals surface area contributed by atoms with Gasteiger partial charge in [-0.1, -0.05) is 20.8 Å². The molecule has 1 rings (SSSR count). The number of benzene rings is 1. The summed E-state index contributed by atoms with van der Waals surface area (Å²) in [5.74, 6) is -13.3. The van der Waals surface area contributed by atoms with E-state index in [4.69, 9.17) is 4.43 Å². The topological polar surface area (TPSA) is 35.5 Å². The second-order valence-corrected chi connectivity index (χ2v) is 11.1. The molecule has 0 amide bonds. The Morgan fingerprint density at radius 3 is 1.70 bits per heavy atom. The van der Waals surface area contributed by atoms with E-state index in [1.165, 1.54) is 0 Å². The summed E-state index contributed by atoms with van der Waals surface area (Å²) in [5, 5.41) is -0.312. The van der Waals surface area contributed by atoms with Crippen LogP contribution in [0.2, 0.25) is 18.1 Å². The highest BCUT2D eigenvalue weighted by Crippen LogP contribution is 2.36. The summed E-state index contributed by atoms with van der Waals surface area (Å²) in [6, 6.07) is 0. The van der Waals surface area contributed by atoms with E-state index in [1.807, 2.05) is 20.8 Å². The van der Waals surface area contributed by atoms with Gasteiger partial charge in [0, 0.05) is 0 Å². The van der Waals surface area contributed by atoms with Crippen LogP contribution in [0.5, 0.6) is 5.75 Å². The van der Waals surface area contributed by atoms with Gasteiger partial charge in [0.2, 0.25) is 29.1 Å². The fourth-order valence-corrected chi connectivity index (χ4v) is 2.24. The van der Waals surface area contributed by atoms with Gasteiger partial charge in [-0.15, -0.1) is 0 Å². The van der Waals surface area contributed by atoms with Crippen LogP contribution in [0, 0.1) is 29.1 Å². The van der Waals surface area contributed by atoms with Crippen LogP contribution >= 0.6 is 0 Å². The predicted molar refractivity (Wildman–Crippen MR) is 75.0 cm³/mol. The Labute approximate surface area is 131 Å². The summed E-state index contributed by atoms with van der Waals surface area (Å²) < 4.78 is 75.4. The van der Waals surface area contributed by atoms with Gasteiger partial charge in [-0.2, -0.15) is 8.78 Å². The zero-order chi connectivity index (χ0) is 18.2. The number of rotatable bonds is 4. The number of hydrogen-bond donors (Lipinski definition) is 0. The predicted octanol–water partition coefficient (Wildman–Crippen LogP) is 4.31. The van der Waals surface area contributed by atoms with Crippen molar-refractivity contribution in [3.8, 4) is 5.75 Å². The van der Waals surface area contributed by atoms with Crippen molar-refractivity contribution < 1.29 is 35.9 Å². The van der Waals surface area contributed by atoms with E-state index in [1.54, 1.807) is 13.1 Å². The molecule has 0 aliphatic rings. The highest BCUT2D eigenvalue weighted by Gasteiger charge is 2.40. The lowest BCUT2D eigenvalue weighted by Gasteiger charge is -2.35. The summed E-state index contributed by atoms with van der Waals surface area (Å²) in [6.45, 7) is 8.11. The normalized spacial score (nSPS) is 12.3. The maximum absolute atomic E-state index is 13.4. The van der Waals surface area contributed by atoms with Gasteiger partial charge in [-0.3, -0.25) is 0 Å². The second kappa shape index (κ2) is 6.46. The molecule has 0 saturated heterocycles. The van der Waals surface area contributed by atoms with Crippen molar-refractivity contribution in [2.24, 2.45) is 0 Å². The zero-order valence-corrected chi connectivity index (χ0v) is 14.3. The molecule has 130 valence electrons. The summed E-state index contributed by atoms with van der Waals surface area (Å²) in [4.78, 5) is 11.7. The fraction of sp³-hybridized carbons (Fsp3) is 0.500. The molecule has 0 atom stereocenters. The fourth-order valence-electron chi connectivity index (χ4n) is 1.31. The van der Waals surface area contributed by atoms with Gasteiger partial charge in [-0.25, -0.2) is 18.0 Å². The molecule has 0 aliphatic carbocycles. The lowest BCUT2D eigenvalue weighted by atomic mass is 10.2. The molecule has 0 unspecified atom stereocenters. The van der Waals surface area contributed by atoms with Crippen molar-refractivity contribution in [1.82, 2.24) is 0 Å². The summed E-state index contributed by atoms with van der Waals surface area (Å²) >= 11 is 0. The summed E-state index contributed by atoms with van der Waals surface area (Å²) in [7, 11) is -2.49. The average molecular weight is 356 g/mol. The molecule has 0 aliphatic heterocycles. The summed E-state index contributed by atoms with van der Waals surface area (Å²) in [6.07, 6.45) is 0. The Morgan fingerprint density at radius 2 is 1.30 bits per heavy atom. The van der Waals surface area contributed by atoms with E-state index in [-0.39, 0.29) is 5.04 Å². The van der Waals surface area contributed by atoms with Gasteiger partial charge in [-0.05, 0) is 18.1 Å². The Bertz CT molecular complexity index is 597. The van der Waals surface area contributed by atoms with Crippen LogP contribution in [0.3, 0.4) is 0 Å². The first-order valence-electron chi connectivity index (χ1n) is 6.65. The smallest absolute Gasteiger partial charge is 0.330 e. The summed E-state index contributed by atoms with van der Waals surface area (Å²) in [5.41, 5.74) is 0. The van der Waals surface area contributed by atoms with Crippen LogP contribution in [-0.4, -0.2) is 20.9 Å². The molecule has 1 aromatic carbocycles. The van der Waals surface area contributed by atoms with Gasteiger partial charge in [0.1, 0.15) is 0 Å². The first-order valence-corrected chi connectivity index (χ1v) is 9.56. The van der Waals surface area contributed by atoms with E-state index < -0.39 is 55.7 Å². The SMILES string of the molecule is CC(C)(C)[Si](C)(C)OC(=O)COc1c(F)c(F)c(F)c(F)c1F. The van der Waals surface area contributed by atoms with Gasteiger partial charge >= 0.3 is 5.97 Å². The Morgan fingerprint density at radius 1 is 0.913 bits per heavy atom. The van der Waals surface area contributed by atoms with Gasteiger partial charge in [0.25, 0.3) is 8.32 Å². The van der Waals surface area contributed by atoms with Crippen LogP contribution in [0.15, 0.2) is 0 Å². The standard InChI is InChI=1S/C14H17F5O3Si/c1-14(2,3)23(4,5)22-7(20)6-21-13-11(18)9(16)8(15)10(17)12(13)19/h6H2,1-5H3. The van der Waals surface area contributed by atoms with Crippen molar-refractivity contribution in [2.45, 2.75) is 38.9 Å². The molecule has 0 aromatic heterocycles. The molecule has 9 heteroatoms. The molecule has 0 N–H and O–H groups in total. The zero-order valence-electron chi connectivity index (χ0n) is 13.3. The van der Waals surface area contributed by atoms with Crippen LogP contribution in [-0.2, 0) is 9.22 Å². The van der Waals surface area contributed by atoms with Crippen molar-refractivity contribution in [3.63, 3.8) is 0 Å². The number of halogens is 5. The maximum Gasteiger partial charge on any atom is 0.330 e. The van der Waals surface area contributed by atoms with Gasteiger partial charge in [0.05, 0.1) is 0 Å². The third kappa shape index (κ3) is 4.01. The molecular weight excluding hydrogens is 339 g/mol. The minimum absolute atomic E-state index is 0.312. The highest BCUT2D eigenvalue weighted by molar-refractivity contribution is 6.75. The lowest BCUT2D eigenvalue weighted by Crippen LogP contribution is -2.43. The molecule has 0 saturated carbocycles. The largest absolute Gasteiger partial charge is 0.517 e. The van der Waals surface area contributed by atoms with E-state index in [9.17, 15) is 26.7 Å². The minimum Gasteiger partial charge on any atom is -0.517 e. The molecule has 0 fully saturated rings. The van der Waals surface area contributed by atoms with Crippen LogP contribution in [0.4, 0.5) is 22.0 Å². The first-order chi connectivity index (χ1) is 10.3. The third-order valence-corrected chi connectivity index (χ3v) is 8.03. The van der Waals surface area contributed by atoms with Crippen LogP contribution in [0.1, 0.15) is 20.8 Å². The number of hydrogen-bond acceptors (Lipinski definition) is 3. The Kier molecular flexibility index (Phi) is 5.45. The van der Waals surface area contributed by atoms with E-state index in [2.05, 4.69) is 4.74 Å². The number of ether oxygens (including phenoxy) is 1. The monoisotopic (exact) mass is 356 g/mol. The molecule has 0 spiro atoms.